The predicted molar refractivity (Wildman–Crippen MR) is 56.5 cm³/mol. The molecule has 5 heteroatoms. The number of nitrogen functional groups attached to an aromatic ring is 1. The highest BCUT2D eigenvalue weighted by atomic mass is 16.1. The van der Waals surface area contributed by atoms with Crippen molar-refractivity contribution in [3.05, 3.63) is 10.4 Å². The summed E-state index contributed by atoms with van der Waals surface area (Å²) in [7, 11) is 0. The van der Waals surface area contributed by atoms with Crippen molar-refractivity contribution in [1.29, 1.82) is 0 Å². The van der Waals surface area contributed by atoms with Crippen LogP contribution in [-0.4, -0.2) is 15.9 Å². The van der Waals surface area contributed by atoms with Crippen LogP contribution in [0.4, 0.5) is 11.5 Å². The first-order valence-electron chi connectivity index (χ1n) is 5.08. The second kappa shape index (κ2) is 3.40. The molecule has 1 aliphatic rings. The normalized spacial score (nSPS) is 14.4. The highest BCUT2D eigenvalue weighted by Crippen LogP contribution is 2.19. The smallest absolute Gasteiger partial charge is 0.292 e. The number of anilines is 2. The van der Waals surface area contributed by atoms with Crippen molar-refractivity contribution in [2.45, 2.75) is 32.9 Å². The SMILES string of the molecule is CCCNc1c(N)c(=O)n2n1CCC2. The van der Waals surface area contributed by atoms with Crippen LogP contribution in [0.15, 0.2) is 4.79 Å². The van der Waals surface area contributed by atoms with Crippen LogP contribution in [0.2, 0.25) is 0 Å². The summed E-state index contributed by atoms with van der Waals surface area (Å²) in [5, 5.41) is 3.20. The van der Waals surface area contributed by atoms with Gasteiger partial charge in [0, 0.05) is 19.6 Å². The fourth-order valence-electron chi connectivity index (χ4n) is 1.86. The molecule has 0 radical (unpaired) electrons. The van der Waals surface area contributed by atoms with Crippen LogP contribution in [0.3, 0.4) is 0 Å². The highest BCUT2D eigenvalue weighted by molar-refractivity contribution is 5.61. The zero-order valence-electron chi connectivity index (χ0n) is 8.42. The Morgan fingerprint density at radius 3 is 2.86 bits per heavy atom. The molecule has 0 atom stereocenters. The van der Waals surface area contributed by atoms with Gasteiger partial charge in [-0.2, -0.15) is 0 Å². The Morgan fingerprint density at radius 1 is 1.43 bits per heavy atom. The van der Waals surface area contributed by atoms with E-state index in [1.165, 1.54) is 0 Å². The Balaban J connectivity index is 2.39. The molecule has 1 aromatic heterocycles. The third-order valence-electron chi connectivity index (χ3n) is 2.55. The molecule has 3 N–H and O–H groups in total. The van der Waals surface area contributed by atoms with Gasteiger partial charge in [0.2, 0.25) is 0 Å². The molecule has 2 heterocycles. The molecule has 0 aromatic carbocycles. The molecule has 0 amide bonds. The number of nitrogens with one attached hydrogen (secondary N) is 1. The summed E-state index contributed by atoms with van der Waals surface area (Å²) in [4.78, 5) is 11.6. The standard InChI is InChI=1S/C9H16N4O/c1-2-4-11-8-7(10)9(14)13-6-3-5-12(8)13/h11H,2-6,10H2,1H3. The predicted octanol–water partition coefficient (Wildman–Crippen LogP) is 0.458. The van der Waals surface area contributed by atoms with Crippen LogP contribution >= 0.6 is 0 Å². The van der Waals surface area contributed by atoms with Crippen molar-refractivity contribution in [3.8, 4) is 0 Å². The molecule has 0 saturated carbocycles. The Morgan fingerprint density at radius 2 is 2.14 bits per heavy atom. The minimum Gasteiger partial charge on any atom is -0.391 e. The van der Waals surface area contributed by atoms with E-state index in [-0.39, 0.29) is 5.56 Å². The zero-order chi connectivity index (χ0) is 10.1. The van der Waals surface area contributed by atoms with Crippen molar-refractivity contribution in [3.63, 3.8) is 0 Å². The van der Waals surface area contributed by atoms with Gasteiger partial charge in [-0.3, -0.25) is 9.48 Å². The Labute approximate surface area is 82.5 Å². The van der Waals surface area contributed by atoms with Crippen LogP contribution < -0.4 is 16.6 Å². The highest BCUT2D eigenvalue weighted by Gasteiger charge is 2.20. The van der Waals surface area contributed by atoms with E-state index < -0.39 is 0 Å². The molecule has 0 saturated heterocycles. The molecule has 14 heavy (non-hydrogen) atoms. The van der Waals surface area contributed by atoms with Crippen molar-refractivity contribution >= 4 is 11.5 Å². The van der Waals surface area contributed by atoms with E-state index >= 15 is 0 Å². The molecule has 0 aliphatic carbocycles. The monoisotopic (exact) mass is 196 g/mol. The van der Waals surface area contributed by atoms with Crippen molar-refractivity contribution in [2.24, 2.45) is 0 Å². The molecule has 78 valence electrons. The number of rotatable bonds is 3. The van der Waals surface area contributed by atoms with Crippen molar-refractivity contribution < 1.29 is 0 Å². The van der Waals surface area contributed by atoms with Gasteiger partial charge in [-0.25, -0.2) is 4.68 Å². The first-order chi connectivity index (χ1) is 6.75. The summed E-state index contributed by atoms with van der Waals surface area (Å²) >= 11 is 0. The van der Waals surface area contributed by atoms with Gasteiger partial charge < -0.3 is 11.1 Å². The largest absolute Gasteiger partial charge is 0.391 e. The molecule has 5 nitrogen and oxygen atoms in total. The molecular formula is C9H16N4O. The van der Waals surface area contributed by atoms with Gasteiger partial charge in [-0.05, 0) is 12.8 Å². The second-order valence-electron chi connectivity index (χ2n) is 3.59. The minimum atomic E-state index is -0.0545. The molecule has 0 unspecified atom stereocenters. The van der Waals surface area contributed by atoms with Crippen LogP contribution in [0, 0.1) is 0 Å². The maximum atomic E-state index is 11.6. The third-order valence-corrected chi connectivity index (χ3v) is 2.55. The van der Waals surface area contributed by atoms with Crippen LogP contribution in [0.5, 0.6) is 0 Å². The fourth-order valence-corrected chi connectivity index (χ4v) is 1.86. The molecule has 1 aliphatic heterocycles. The van der Waals surface area contributed by atoms with Gasteiger partial charge in [0.05, 0.1) is 0 Å². The van der Waals surface area contributed by atoms with Crippen LogP contribution in [-0.2, 0) is 13.1 Å². The van der Waals surface area contributed by atoms with Gasteiger partial charge in [0.15, 0.2) is 0 Å². The van der Waals surface area contributed by atoms with Gasteiger partial charge in [-0.1, -0.05) is 6.92 Å². The van der Waals surface area contributed by atoms with E-state index in [0.717, 1.165) is 38.3 Å². The number of aromatic nitrogens is 2. The van der Waals surface area contributed by atoms with Crippen LogP contribution in [0.1, 0.15) is 19.8 Å². The first-order valence-corrected chi connectivity index (χ1v) is 5.08. The number of nitrogens with zero attached hydrogens (tertiary/aromatic N) is 2. The minimum absolute atomic E-state index is 0.0545. The summed E-state index contributed by atoms with van der Waals surface area (Å²) < 4.78 is 3.67. The van der Waals surface area contributed by atoms with Crippen molar-refractivity contribution in [2.75, 3.05) is 17.6 Å². The molecular weight excluding hydrogens is 180 g/mol. The topological polar surface area (TPSA) is 65.0 Å². The average Bonchev–Trinajstić information content (AvgIpc) is 2.72. The Kier molecular flexibility index (Phi) is 2.23. The quantitative estimate of drug-likeness (QED) is 0.738. The lowest BCUT2D eigenvalue weighted by Crippen LogP contribution is -2.18. The Bertz CT molecular complexity index is 390. The number of hydrogen-bond acceptors (Lipinski definition) is 3. The van der Waals surface area contributed by atoms with Gasteiger partial charge in [0.25, 0.3) is 5.56 Å². The van der Waals surface area contributed by atoms with E-state index in [4.69, 9.17) is 5.73 Å². The molecule has 0 bridgehead atoms. The zero-order valence-corrected chi connectivity index (χ0v) is 8.42. The first kappa shape index (κ1) is 9.18. The van der Waals surface area contributed by atoms with E-state index in [2.05, 4.69) is 12.2 Å². The summed E-state index contributed by atoms with van der Waals surface area (Å²) in [6.45, 7) is 4.62. The lowest BCUT2D eigenvalue weighted by atomic mass is 10.4. The van der Waals surface area contributed by atoms with E-state index in [1.807, 2.05) is 4.68 Å². The molecule has 2 rings (SSSR count). The second-order valence-corrected chi connectivity index (χ2v) is 3.59. The molecule has 0 fully saturated rings. The van der Waals surface area contributed by atoms with E-state index in [0.29, 0.717) is 5.69 Å². The van der Waals surface area contributed by atoms with E-state index in [1.54, 1.807) is 4.68 Å². The van der Waals surface area contributed by atoms with Crippen LogP contribution in [0.25, 0.3) is 0 Å². The summed E-state index contributed by atoms with van der Waals surface area (Å²) in [5.41, 5.74) is 6.04. The summed E-state index contributed by atoms with van der Waals surface area (Å²) in [6.07, 6.45) is 2.05. The van der Waals surface area contributed by atoms with Crippen molar-refractivity contribution in [1.82, 2.24) is 9.36 Å². The van der Waals surface area contributed by atoms with Gasteiger partial charge >= 0.3 is 0 Å². The lowest BCUT2D eigenvalue weighted by molar-refractivity contribution is 0.598. The molecule has 0 spiro atoms. The average molecular weight is 196 g/mol. The Hall–Kier alpha value is -1.39. The fraction of sp³-hybridized carbons (Fsp3) is 0.667. The maximum absolute atomic E-state index is 11.6. The van der Waals surface area contributed by atoms with E-state index in [9.17, 15) is 4.79 Å². The number of nitrogens with two attached hydrogens (primary N) is 1. The number of hydrogen-bond donors (Lipinski definition) is 2. The van der Waals surface area contributed by atoms with Gasteiger partial charge in [0.1, 0.15) is 11.5 Å². The number of fused-ring (bicyclic) bond motifs is 1. The lowest BCUT2D eigenvalue weighted by Gasteiger charge is -2.07. The molecule has 1 aromatic rings. The third kappa shape index (κ3) is 1.20. The summed E-state index contributed by atoms with van der Waals surface area (Å²) in [6, 6.07) is 0. The van der Waals surface area contributed by atoms with Gasteiger partial charge in [-0.15, -0.1) is 0 Å². The summed E-state index contributed by atoms with van der Waals surface area (Å²) in [5.74, 6) is 0.800. The maximum Gasteiger partial charge on any atom is 0.292 e.